The molecule has 2 unspecified atom stereocenters. The summed E-state index contributed by atoms with van der Waals surface area (Å²) in [5.74, 6) is 0. The molecule has 0 amide bonds. The SMILES string of the molecule is CCC(C)N(C)c1cc(C#N)ccc1C(C)O. The molecule has 3 heteroatoms. The second kappa shape index (κ2) is 5.70. The van der Waals surface area contributed by atoms with E-state index in [1.165, 1.54) is 0 Å². The van der Waals surface area contributed by atoms with Crippen molar-refractivity contribution in [2.24, 2.45) is 0 Å². The third kappa shape index (κ3) is 2.98. The lowest BCUT2D eigenvalue weighted by molar-refractivity contribution is 0.199. The van der Waals surface area contributed by atoms with E-state index in [4.69, 9.17) is 5.26 Å². The quantitative estimate of drug-likeness (QED) is 0.868. The first-order chi connectivity index (χ1) is 8.01. The summed E-state index contributed by atoms with van der Waals surface area (Å²) in [5.41, 5.74) is 2.43. The summed E-state index contributed by atoms with van der Waals surface area (Å²) >= 11 is 0. The predicted octanol–water partition coefficient (Wildman–Crippen LogP) is 2.85. The molecule has 0 heterocycles. The van der Waals surface area contributed by atoms with E-state index in [-0.39, 0.29) is 0 Å². The number of aliphatic hydroxyl groups excluding tert-OH is 1. The molecule has 17 heavy (non-hydrogen) atoms. The number of hydrogen-bond acceptors (Lipinski definition) is 3. The minimum Gasteiger partial charge on any atom is -0.389 e. The van der Waals surface area contributed by atoms with Gasteiger partial charge < -0.3 is 10.0 Å². The van der Waals surface area contributed by atoms with E-state index < -0.39 is 6.10 Å². The molecule has 3 nitrogen and oxygen atoms in total. The summed E-state index contributed by atoms with van der Waals surface area (Å²) in [5, 5.41) is 18.7. The number of nitriles is 1. The average Bonchev–Trinajstić information content (AvgIpc) is 2.35. The smallest absolute Gasteiger partial charge is 0.0992 e. The fourth-order valence-electron chi connectivity index (χ4n) is 1.78. The number of benzene rings is 1. The zero-order valence-electron chi connectivity index (χ0n) is 10.9. The molecule has 0 saturated carbocycles. The van der Waals surface area contributed by atoms with E-state index in [1.54, 1.807) is 13.0 Å². The maximum absolute atomic E-state index is 9.76. The minimum absolute atomic E-state index is 0.376. The van der Waals surface area contributed by atoms with Crippen molar-refractivity contribution in [1.29, 1.82) is 5.26 Å². The van der Waals surface area contributed by atoms with Crippen LogP contribution in [0.2, 0.25) is 0 Å². The van der Waals surface area contributed by atoms with Crippen LogP contribution < -0.4 is 4.90 Å². The van der Waals surface area contributed by atoms with Crippen LogP contribution in [0.25, 0.3) is 0 Å². The van der Waals surface area contributed by atoms with Gasteiger partial charge in [0.2, 0.25) is 0 Å². The average molecular weight is 232 g/mol. The van der Waals surface area contributed by atoms with Crippen molar-refractivity contribution in [3.63, 3.8) is 0 Å². The molecule has 1 aromatic carbocycles. The van der Waals surface area contributed by atoms with Crippen LogP contribution in [0.3, 0.4) is 0 Å². The van der Waals surface area contributed by atoms with Crippen molar-refractivity contribution in [3.8, 4) is 6.07 Å². The fraction of sp³-hybridized carbons (Fsp3) is 0.500. The summed E-state index contributed by atoms with van der Waals surface area (Å²) in [4.78, 5) is 2.11. The second-order valence-corrected chi connectivity index (χ2v) is 4.43. The van der Waals surface area contributed by atoms with Crippen LogP contribution in [0.4, 0.5) is 5.69 Å². The molecule has 1 N–H and O–H groups in total. The maximum atomic E-state index is 9.76. The summed E-state index contributed by atoms with van der Waals surface area (Å²) in [6.07, 6.45) is 0.497. The highest BCUT2D eigenvalue weighted by Crippen LogP contribution is 2.28. The highest BCUT2D eigenvalue weighted by Gasteiger charge is 2.15. The van der Waals surface area contributed by atoms with Gasteiger partial charge in [0, 0.05) is 24.3 Å². The molecule has 1 rings (SSSR count). The van der Waals surface area contributed by atoms with Gasteiger partial charge in [-0.15, -0.1) is 0 Å². The monoisotopic (exact) mass is 232 g/mol. The van der Waals surface area contributed by atoms with Crippen LogP contribution in [-0.2, 0) is 0 Å². The topological polar surface area (TPSA) is 47.3 Å². The standard InChI is InChI=1S/C14H20N2O/c1-5-10(2)16(4)14-8-12(9-15)6-7-13(14)11(3)17/h6-8,10-11,17H,5H2,1-4H3. The molecule has 92 valence electrons. The van der Waals surface area contributed by atoms with Crippen LogP contribution in [0, 0.1) is 11.3 Å². The van der Waals surface area contributed by atoms with Crippen LogP contribution in [0.5, 0.6) is 0 Å². The van der Waals surface area contributed by atoms with Gasteiger partial charge in [0.15, 0.2) is 0 Å². The maximum Gasteiger partial charge on any atom is 0.0992 e. The van der Waals surface area contributed by atoms with E-state index >= 15 is 0 Å². The molecule has 2 atom stereocenters. The molecule has 0 aliphatic heterocycles. The summed E-state index contributed by atoms with van der Waals surface area (Å²) in [6.45, 7) is 6.00. The molecule has 0 aromatic heterocycles. The van der Waals surface area contributed by atoms with E-state index in [0.29, 0.717) is 11.6 Å². The molecule has 0 aliphatic rings. The largest absolute Gasteiger partial charge is 0.389 e. The Balaban J connectivity index is 3.22. The van der Waals surface area contributed by atoms with E-state index in [9.17, 15) is 5.11 Å². The molecule has 0 aliphatic carbocycles. The van der Waals surface area contributed by atoms with Crippen molar-refractivity contribution in [2.75, 3.05) is 11.9 Å². The Morgan fingerprint density at radius 1 is 1.41 bits per heavy atom. The van der Waals surface area contributed by atoms with Crippen LogP contribution in [0.15, 0.2) is 18.2 Å². The van der Waals surface area contributed by atoms with Gasteiger partial charge in [-0.05, 0) is 32.4 Å². The van der Waals surface area contributed by atoms with Crippen molar-refractivity contribution in [3.05, 3.63) is 29.3 Å². The Hall–Kier alpha value is -1.53. The zero-order valence-corrected chi connectivity index (χ0v) is 10.9. The van der Waals surface area contributed by atoms with E-state index in [2.05, 4.69) is 24.8 Å². The Morgan fingerprint density at radius 3 is 2.53 bits per heavy atom. The van der Waals surface area contributed by atoms with Crippen molar-refractivity contribution >= 4 is 5.69 Å². The molecule has 0 radical (unpaired) electrons. The number of nitrogens with zero attached hydrogens (tertiary/aromatic N) is 2. The molecular formula is C14H20N2O. The summed E-state index contributed by atoms with van der Waals surface area (Å²) in [6, 6.07) is 7.93. The molecule has 0 spiro atoms. The predicted molar refractivity (Wildman–Crippen MR) is 69.9 cm³/mol. The van der Waals surface area contributed by atoms with Crippen molar-refractivity contribution in [2.45, 2.75) is 39.3 Å². The number of hydrogen-bond donors (Lipinski definition) is 1. The molecule has 0 saturated heterocycles. The van der Waals surface area contributed by atoms with Gasteiger partial charge in [0.1, 0.15) is 0 Å². The van der Waals surface area contributed by atoms with Gasteiger partial charge in [-0.25, -0.2) is 0 Å². The molecular weight excluding hydrogens is 212 g/mol. The van der Waals surface area contributed by atoms with Gasteiger partial charge in [-0.1, -0.05) is 13.0 Å². The van der Waals surface area contributed by atoms with Crippen LogP contribution in [-0.4, -0.2) is 18.2 Å². The number of anilines is 1. The lowest BCUT2D eigenvalue weighted by Gasteiger charge is -2.29. The van der Waals surface area contributed by atoms with Gasteiger partial charge in [0.25, 0.3) is 0 Å². The Kier molecular flexibility index (Phi) is 4.53. The van der Waals surface area contributed by atoms with Crippen LogP contribution in [0.1, 0.15) is 44.4 Å². The van der Waals surface area contributed by atoms with Gasteiger partial charge in [0.05, 0.1) is 17.7 Å². The summed E-state index contributed by atoms with van der Waals surface area (Å²) < 4.78 is 0. The fourth-order valence-corrected chi connectivity index (χ4v) is 1.78. The summed E-state index contributed by atoms with van der Waals surface area (Å²) in [7, 11) is 2.00. The molecule has 0 fully saturated rings. The second-order valence-electron chi connectivity index (χ2n) is 4.43. The third-order valence-electron chi connectivity index (χ3n) is 3.24. The van der Waals surface area contributed by atoms with Crippen molar-refractivity contribution < 1.29 is 5.11 Å². The number of rotatable bonds is 4. The number of aliphatic hydroxyl groups is 1. The lowest BCUT2D eigenvalue weighted by atomic mass is 10.0. The zero-order chi connectivity index (χ0) is 13.0. The van der Waals surface area contributed by atoms with E-state index in [0.717, 1.165) is 17.7 Å². The first-order valence-electron chi connectivity index (χ1n) is 5.96. The minimum atomic E-state index is -0.524. The molecule has 1 aromatic rings. The van der Waals surface area contributed by atoms with Gasteiger partial charge in [-0.3, -0.25) is 0 Å². The lowest BCUT2D eigenvalue weighted by Crippen LogP contribution is -2.29. The normalized spacial score (nSPS) is 13.9. The van der Waals surface area contributed by atoms with Crippen molar-refractivity contribution in [1.82, 2.24) is 0 Å². The van der Waals surface area contributed by atoms with Gasteiger partial charge >= 0.3 is 0 Å². The molecule has 0 bridgehead atoms. The third-order valence-corrected chi connectivity index (χ3v) is 3.24. The Labute approximate surface area is 103 Å². The highest BCUT2D eigenvalue weighted by atomic mass is 16.3. The Morgan fingerprint density at radius 2 is 2.06 bits per heavy atom. The first-order valence-corrected chi connectivity index (χ1v) is 5.96. The van der Waals surface area contributed by atoms with E-state index in [1.807, 2.05) is 19.2 Å². The highest BCUT2D eigenvalue weighted by molar-refractivity contribution is 5.58. The Bertz CT molecular complexity index is 421. The van der Waals surface area contributed by atoms with Crippen LogP contribution >= 0.6 is 0 Å². The van der Waals surface area contributed by atoms with Gasteiger partial charge in [-0.2, -0.15) is 5.26 Å². The first kappa shape index (κ1) is 13.5.